The van der Waals surface area contributed by atoms with Crippen LogP contribution in [-0.2, 0) is 0 Å². The molecular weight excluding hydrogens is 248 g/mol. The minimum atomic E-state index is 0.0428. The standard InChI is InChI=1S/C10H11BrOS/c1-7(13-2)10(12)8-3-5-9(11)6-4-8/h3-7H,1-2H3. The van der Waals surface area contributed by atoms with Gasteiger partial charge in [0.05, 0.1) is 5.25 Å². The molecule has 0 spiro atoms. The molecule has 1 aromatic carbocycles. The number of halogens is 1. The molecule has 1 atom stereocenters. The van der Waals surface area contributed by atoms with E-state index in [4.69, 9.17) is 0 Å². The summed E-state index contributed by atoms with van der Waals surface area (Å²) in [7, 11) is 0. The van der Waals surface area contributed by atoms with Crippen molar-refractivity contribution in [2.45, 2.75) is 12.2 Å². The normalized spacial score (nSPS) is 12.5. The summed E-state index contributed by atoms with van der Waals surface area (Å²) in [6.07, 6.45) is 1.95. The molecule has 3 heteroatoms. The predicted octanol–water partition coefficient (Wildman–Crippen LogP) is 3.38. The van der Waals surface area contributed by atoms with Gasteiger partial charge in [0, 0.05) is 10.0 Å². The van der Waals surface area contributed by atoms with E-state index in [1.165, 1.54) is 0 Å². The van der Waals surface area contributed by atoms with Gasteiger partial charge in [-0.05, 0) is 25.3 Å². The van der Waals surface area contributed by atoms with E-state index in [0.717, 1.165) is 10.0 Å². The summed E-state index contributed by atoms with van der Waals surface area (Å²) in [6, 6.07) is 7.47. The Morgan fingerprint density at radius 2 is 1.92 bits per heavy atom. The summed E-state index contributed by atoms with van der Waals surface area (Å²) < 4.78 is 1.00. The van der Waals surface area contributed by atoms with E-state index >= 15 is 0 Å². The fraction of sp³-hybridized carbons (Fsp3) is 0.300. The first-order valence-electron chi connectivity index (χ1n) is 3.97. The molecule has 1 aromatic rings. The molecule has 0 aliphatic rings. The number of hydrogen-bond acceptors (Lipinski definition) is 2. The van der Waals surface area contributed by atoms with Crippen LogP contribution in [0.15, 0.2) is 28.7 Å². The van der Waals surface area contributed by atoms with Crippen LogP contribution in [0.1, 0.15) is 17.3 Å². The minimum absolute atomic E-state index is 0.0428. The third-order valence-corrected chi connectivity index (χ3v) is 3.30. The summed E-state index contributed by atoms with van der Waals surface area (Å²) in [5.74, 6) is 0.194. The zero-order valence-electron chi connectivity index (χ0n) is 7.58. The molecule has 0 radical (unpaired) electrons. The molecule has 0 N–H and O–H groups in total. The van der Waals surface area contributed by atoms with Crippen molar-refractivity contribution < 1.29 is 4.79 Å². The van der Waals surface area contributed by atoms with Crippen molar-refractivity contribution >= 4 is 33.5 Å². The lowest BCUT2D eigenvalue weighted by Gasteiger charge is -2.06. The average molecular weight is 259 g/mol. The highest BCUT2D eigenvalue weighted by Crippen LogP contribution is 2.16. The summed E-state index contributed by atoms with van der Waals surface area (Å²) in [5, 5.41) is 0.0428. The largest absolute Gasteiger partial charge is 0.293 e. The van der Waals surface area contributed by atoms with Crippen LogP contribution in [0.25, 0.3) is 0 Å². The van der Waals surface area contributed by atoms with E-state index in [1.807, 2.05) is 37.4 Å². The van der Waals surface area contributed by atoms with Crippen molar-refractivity contribution in [1.82, 2.24) is 0 Å². The van der Waals surface area contributed by atoms with E-state index < -0.39 is 0 Å². The van der Waals surface area contributed by atoms with Gasteiger partial charge >= 0.3 is 0 Å². The van der Waals surface area contributed by atoms with Crippen LogP contribution < -0.4 is 0 Å². The Kier molecular flexibility index (Phi) is 4.00. The number of thioether (sulfide) groups is 1. The molecule has 0 bridgehead atoms. The summed E-state index contributed by atoms with van der Waals surface area (Å²) in [4.78, 5) is 11.7. The second-order valence-corrected chi connectivity index (χ2v) is 4.84. The fourth-order valence-electron chi connectivity index (χ4n) is 0.956. The topological polar surface area (TPSA) is 17.1 Å². The first-order valence-corrected chi connectivity index (χ1v) is 6.06. The van der Waals surface area contributed by atoms with E-state index in [2.05, 4.69) is 15.9 Å². The highest BCUT2D eigenvalue weighted by Gasteiger charge is 2.12. The molecule has 0 fully saturated rings. The Hall–Kier alpha value is -0.280. The Balaban J connectivity index is 2.83. The van der Waals surface area contributed by atoms with Gasteiger partial charge in [-0.2, -0.15) is 11.8 Å². The molecule has 0 amide bonds. The smallest absolute Gasteiger partial charge is 0.175 e. The summed E-state index contributed by atoms with van der Waals surface area (Å²) in [5.41, 5.74) is 0.782. The quantitative estimate of drug-likeness (QED) is 0.774. The van der Waals surface area contributed by atoms with Gasteiger partial charge in [0.2, 0.25) is 0 Å². The Morgan fingerprint density at radius 1 is 1.38 bits per heavy atom. The monoisotopic (exact) mass is 258 g/mol. The molecule has 0 aliphatic carbocycles. The summed E-state index contributed by atoms with van der Waals surface area (Å²) >= 11 is 4.90. The van der Waals surface area contributed by atoms with E-state index in [9.17, 15) is 4.79 Å². The van der Waals surface area contributed by atoms with Crippen LogP contribution in [0.4, 0.5) is 0 Å². The maximum absolute atomic E-state index is 11.7. The zero-order chi connectivity index (χ0) is 9.84. The van der Waals surface area contributed by atoms with Gasteiger partial charge in [-0.15, -0.1) is 0 Å². The SMILES string of the molecule is CSC(C)C(=O)c1ccc(Br)cc1. The highest BCUT2D eigenvalue weighted by molar-refractivity contribution is 9.10. The number of rotatable bonds is 3. The van der Waals surface area contributed by atoms with E-state index in [-0.39, 0.29) is 11.0 Å². The van der Waals surface area contributed by atoms with Gasteiger partial charge in [-0.25, -0.2) is 0 Å². The van der Waals surface area contributed by atoms with Crippen molar-refractivity contribution in [3.8, 4) is 0 Å². The second kappa shape index (κ2) is 4.82. The molecule has 0 aliphatic heterocycles. The fourth-order valence-corrected chi connectivity index (χ4v) is 1.57. The third kappa shape index (κ3) is 2.85. The molecule has 0 aromatic heterocycles. The van der Waals surface area contributed by atoms with Crippen molar-refractivity contribution in [3.05, 3.63) is 34.3 Å². The molecule has 70 valence electrons. The summed E-state index contributed by atoms with van der Waals surface area (Å²) in [6.45, 7) is 1.93. The van der Waals surface area contributed by atoms with Crippen LogP contribution in [0.3, 0.4) is 0 Å². The van der Waals surface area contributed by atoms with Gasteiger partial charge < -0.3 is 0 Å². The first-order chi connectivity index (χ1) is 6.15. The molecule has 1 rings (SSSR count). The number of ketones is 1. The van der Waals surface area contributed by atoms with E-state index in [0.29, 0.717) is 0 Å². The lowest BCUT2D eigenvalue weighted by atomic mass is 10.1. The second-order valence-electron chi connectivity index (χ2n) is 2.75. The van der Waals surface area contributed by atoms with Crippen molar-refractivity contribution in [2.75, 3.05) is 6.26 Å². The Bertz CT molecular complexity index is 294. The van der Waals surface area contributed by atoms with Crippen molar-refractivity contribution in [2.24, 2.45) is 0 Å². The van der Waals surface area contributed by atoms with Gasteiger partial charge in [0.1, 0.15) is 0 Å². The number of carbonyl (C=O) groups is 1. The molecular formula is C10H11BrOS. The molecule has 0 saturated heterocycles. The lowest BCUT2D eigenvalue weighted by Crippen LogP contribution is -2.12. The number of carbonyl (C=O) groups excluding carboxylic acids is 1. The highest BCUT2D eigenvalue weighted by atomic mass is 79.9. The lowest BCUT2D eigenvalue weighted by molar-refractivity contribution is 0.0994. The van der Waals surface area contributed by atoms with Crippen LogP contribution >= 0.6 is 27.7 Å². The van der Waals surface area contributed by atoms with Gasteiger partial charge in [0.15, 0.2) is 5.78 Å². The maximum atomic E-state index is 11.7. The third-order valence-electron chi connectivity index (χ3n) is 1.85. The molecule has 1 nitrogen and oxygen atoms in total. The van der Waals surface area contributed by atoms with Gasteiger partial charge in [-0.3, -0.25) is 4.79 Å². The Morgan fingerprint density at radius 3 is 2.38 bits per heavy atom. The number of hydrogen-bond donors (Lipinski definition) is 0. The van der Waals surface area contributed by atoms with Gasteiger partial charge in [-0.1, -0.05) is 28.1 Å². The van der Waals surface area contributed by atoms with Crippen LogP contribution in [0, 0.1) is 0 Å². The minimum Gasteiger partial charge on any atom is -0.293 e. The van der Waals surface area contributed by atoms with E-state index in [1.54, 1.807) is 11.8 Å². The van der Waals surface area contributed by atoms with Crippen LogP contribution in [0.5, 0.6) is 0 Å². The van der Waals surface area contributed by atoms with Gasteiger partial charge in [0.25, 0.3) is 0 Å². The molecule has 0 heterocycles. The number of benzene rings is 1. The first kappa shape index (κ1) is 10.8. The van der Waals surface area contributed by atoms with Crippen molar-refractivity contribution in [1.29, 1.82) is 0 Å². The Labute approximate surface area is 91.0 Å². The van der Waals surface area contributed by atoms with Crippen molar-refractivity contribution in [3.63, 3.8) is 0 Å². The molecule has 13 heavy (non-hydrogen) atoms. The number of Topliss-reactive ketones (excluding diaryl/α,β-unsaturated/α-hetero) is 1. The zero-order valence-corrected chi connectivity index (χ0v) is 9.98. The predicted molar refractivity (Wildman–Crippen MR) is 61.4 cm³/mol. The molecule has 1 unspecified atom stereocenters. The van der Waals surface area contributed by atoms with Crippen LogP contribution in [0.2, 0.25) is 0 Å². The molecule has 0 saturated carbocycles. The van der Waals surface area contributed by atoms with Crippen LogP contribution in [-0.4, -0.2) is 17.3 Å². The average Bonchev–Trinajstić information content (AvgIpc) is 2.17. The maximum Gasteiger partial charge on any atom is 0.175 e.